The smallest absolute Gasteiger partial charge is 0.255 e. The van der Waals surface area contributed by atoms with E-state index in [-0.39, 0.29) is 16.1 Å². The van der Waals surface area contributed by atoms with Crippen LogP contribution in [0.3, 0.4) is 0 Å². The Morgan fingerprint density at radius 3 is 2.48 bits per heavy atom. The molecule has 7 heteroatoms. The summed E-state index contributed by atoms with van der Waals surface area (Å²) in [5.41, 5.74) is 1.15. The van der Waals surface area contributed by atoms with Gasteiger partial charge in [-0.05, 0) is 23.8 Å². The fourth-order valence-electron chi connectivity index (χ4n) is 1.74. The van der Waals surface area contributed by atoms with Crippen LogP contribution in [0.2, 0.25) is 20.2 Å². The van der Waals surface area contributed by atoms with Crippen LogP contribution < -0.4 is 0 Å². The Morgan fingerprint density at radius 2 is 1.86 bits per heavy atom. The summed E-state index contributed by atoms with van der Waals surface area (Å²) in [6.45, 7) is 0.342. The van der Waals surface area contributed by atoms with Gasteiger partial charge >= 0.3 is 0 Å². The molecule has 1 aromatic carbocycles. The maximum absolute atomic E-state index is 12.3. The number of halogens is 4. The van der Waals surface area contributed by atoms with Gasteiger partial charge in [0.05, 0.1) is 10.6 Å². The monoisotopic (exact) mass is 362 g/mol. The average molecular weight is 364 g/mol. The lowest BCUT2D eigenvalue weighted by atomic mass is 10.2. The molecule has 21 heavy (non-hydrogen) atoms. The molecule has 0 bridgehead atoms. The number of benzene rings is 1. The number of amides is 1. The van der Waals surface area contributed by atoms with Gasteiger partial charge in [0.25, 0.3) is 5.91 Å². The first kappa shape index (κ1) is 16.4. The topological polar surface area (TPSA) is 33.2 Å². The standard InChI is InChI=1S/C14H10Cl4N2O/c1-20(7-8-2-3-10(15)5-11(8)16)14(21)9-4-12(17)13(18)19-6-9/h2-6H,7H2,1H3. The predicted octanol–water partition coefficient (Wildman–Crippen LogP) is 4.97. The van der Waals surface area contributed by atoms with Gasteiger partial charge in [-0.15, -0.1) is 0 Å². The van der Waals surface area contributed by atoms with E-state index in [1.807, 2.05) is 0 Å². The molecule has 1 heterocycles. The lowest BCUT2D eigenvalue weighted by molar-refractivity contribution is 0.0785. The van der Waals surface area contributed by atoms with E-state index in [0.717, 1.165) is 5.56 Å². The fraction of sp³-hybridized carbons (Fsp3) is 0.143. The van der Waals surface area contributed by atoms with Crippen LogP contribution in [-0.2, 0) is 6.54 Å². The van der Waals surface area contributed by atoms with E-state index in [4.69, 9.17) is 46.4 Å². The maximum Gasteiger partial charge on any atom is 0.255 e. The predicted molar refractivity (Wildman–Crippen MR) is 86.5 cm³/mol. The van der Waals surface area contributed by atoms with Gasteiger partial charge in [-0.25, -0.2) is 4.98 Å². The number of hydrogen-bond donors (Lipinski definition) is 0. The summed E-state index contributed by atoms with van der Waals surface area (Å²) >= 11 is 23.5. The van der Waals surface area contributed by atoms with E-state index in [2.05, 4.69) is 4.98 Å². The van der Waals surface area contributed by atoms with Crippen molar-refractivity contribution in [3.63, 3.8) is 0 Å². The molecule has 0 radical (unpaired) electrons. The Morgan fingerprint density at radius 1 is 1.14 bits per heavy atom. The second kappa shape index (κ2) is 6.84. The molecule has 0 unspecified atom stereocenters. The highest BCUT2D eigenvalue weighted by Crippen LogP contribution is 2.23. The lowest BCUT2D eigenvalue weighted by Gasteiger charge is -2.18. The van der Waals surface area contributed by atoms with Crippen molar-refractivity contribution >= 4 is 52.3 Å². The number of carbonyl (C=O) groups is 1. The van der Waals surface area contributed by atoms with E-state index >= 15 is 0 Å². The molecule has 0 N–H and O–H groups in total. The number of carbonyl (C=O) groups excluding carboxylic acids is 1. The molecule has 110 valence electrons. The molecule has 0 saturated heterocycles. The van der Waals surface area contributed by atoms with E-state index in [9.17, 15) is 4.79 Å². The minimum absolute atomic E-state index is 0.164. The first-order valence-electron chi connectivity index (χ1n) is 5.89. The van der Waals surface area contributed by atoms with Crippen LogP contribution in [0.1, 0.15) is 15.9 Å². The Bertz CT molecular complexity index is 691. The van der Waals surface area contributed by atoms with E-state index in [1.165, 1.54) is 17.2 Å². The molecule has 0 atom stereocenters. The molecule has 0 fully saturated rings. The van der Waals surface area contributed by atoms with Crippen molar-refractivity contribution in [3.05, 3.63) is 61.8 Å². The van der Waals surface area contributed by atoms with E-state index < -0.39 is 0 Å². The Hall–Kier alpha value is -1.000. The molecule has 3 nitrogen and oxygen atoms in total. The van der Waals surface area contributed by atoms with Crippen LogP contribution in [0.15, 0.2) is 30.5 Å². The van der Waals surface area contributed by atoms with E-state index in [0.29, 0.717) is 22.2 Å². The highest BCUT2D eigenvalue weighted by molar-refractivity contribution is 6.41. The Labute approximate surface area is 142 Å². The first-order valence-corrected chi connectivity index (χ1v) is 7.40. The quantitative estimate of drug-likeness (QED) is 0.721. The SMILES string of the molecule is CN(Cc1ccc(Cl)cc1Cl)C(=O)c1cnc(Cl)c(Cl)c1. The lowest BCUT2D eigenvalue weighted by Crippen LogP contribution is -2.26. The summed E-state index contributed by atoms with van der Waals surface area (Å²) in [5.74, 6) is -0.230. The van der Waals surface area contributed by atoms with Gasteiger partial charge in [-0.2, -0.15) is 0 Å². The normalized spacial score (nSPS) is 10.5. The number of nitrogens with zero attached hydrogens (tertiary/aromatic N) is 2. The molecule has 0 saturated carbocycles. The number of rotatable bonds is 3. The second-order valence-corrected chi connectivity index (χ2v) is 6.00. The largest absolute Gasteiger partial charge is 0.337 e. The van der Waals surface area contributed by atoms with Crippen LogP contribution in [0.25, 0.3) is 0 Å². The molecule has 0 aliphatic rings. The highest BCUT2D eigenvalue weighted by Gasteiger charge is 2.15. The summed E-state index contributed by atoms with van der Waals surface area (Å²) in [4.78, 5) is 17.7. The summed E-state index contributed by atoms with van der Waals surface area (Å²) in [5, 5.41) is 1.46. The van der Waals surface area contributed by atoms with Gasteiger partial charge in [0.15, 0.2) is 0 Å². The van der Waals surface area contributed by atoms with Crippen LogP contribution in [0.4, 0.5) is 0 Å². The molecule has 1 aromatic heterocycles. The van der Waals surface area contributed by atoms with Crippen LogP contribution in [0.5, 0.6) is 0 Å². The highest BCUT2D eigenvalue weighted by atomic mass is 35.5. The molecular formula is C14H10Cl4N2O. The van der Waals surface area contributed by atoms with Crippen molar-refractivity contribution in [1.29, 1.82) is 0 Å². The van der Waals surface area contributed by atoms with Gasteiger partial charge in [-0.3, -0.25) is 4.79 Å². The van der Waals surface area contributed by atoms with Gasteiger partial charge in [0.2, 0.25) is 0 Å². The zero-order valence-electron chi connectivity index (χ0n) is 10.9. The molecule has 1 amide bonds. The van der Waals surface area contributed by atoms with Crippen LogP contribution in [0, 0.1) is 0 Å². The Balaban J connectivity index is 2.17. The fourth-order valence-corrected chi connectivity index (χ4v) is 2.47. The number of pyridine rings is 1. The average Bonchev–Trinajstić information content (AvgIpc) is 2.44. The number of aromatic nitrogens is 1. The molecular weight excluding hydrogens is 354 g/mol. The van der Waals surface area contributed by atoms with Gasteiger partial charge < -0.3 is 4.90 Å². The summed E-state index contributed by atoms with van der Waals surface area (Å²) in [6.07, 6.45) is 1.39. The molecule has 2 rings (SSSR count). The van der Waals surface area contributed by atoms with Crippen molar-refractivity contribution in [2.24, 2.45) is 0 Å². The third kappa shape index (κ3) is 4.01. The second-order valence-electron chi connectivity index (χ2n) is 4.39. The zero-order chi connectivity index (χ0) is 15.6. The summed E-state index contributed by atoms with van der Waals surface area (Å²) < 4.78 is 0. The third-order valence-corrected chi connectivity index (χ3v) is 4.09. The van der Waals surface area contributed by atoms with Crippen molar-refractivity contribution in [3.8, 4) is 0 Å². The van der Waals surface area contributed by atoms with Crippen molar-refractivity contribution in [1.82, 2.24) is 9.88 Å². The minimum Gasteiger partial charge on any atom is -0.337 e. The van der Waals surface area contributed by atoms with Crippen LogP contribution in [-0.4, -0.2) is 22.8 Å². The zero-order valence-corrected chi connectivity index (χ0v) is 13.9. The molecule has 0 spiro atoms. The van der Waals surface area contributed by atoms with Crippen molar-refractivity contribution < 1.29 is 4.79 Å². The van der Waals surface area contributed by atoms with Gasteiger partial charge in [0.1, 0.15) is 5.15 Å². The van der Waals surface area contributed by atoms with Gasteiger partial charge in [-0.1, -0.05) is 52.5 Å². The first-order chi connectivity index (χ1) is 9.88. The van der Waals surface area contributed by atoms with Crippen molar-refractivity contribution in [2.75, 3.05) is 7.05 Å². The van der Waals surface area contributed by atoms with Crippen LogP contribution >= 0.6 is 46.4 Å². The van der Waals surface area contributed by atoms with Crippen molar-refractivity contribution in [2.45, 2.75) is 6.54 Å². The summed E-state index contributed by atoms with van der Waals surface area (Å²) in [7, 11) is 1.66. The van der Waals surface area contributed by atoms with Gasteiger partial charge in [0, 0.05) is 29.8 Å². The minimum atomic E-state index is -0.230. The maximum atomic E-state index is 12.3. The summed E-state index contributed by atoms with van der Waals surface area (Å²) in [6, 6.07) is 6.63. The Kier molecular flexibility index (Phi) is 5.33. The number of hydrogen-bond acceptors (Lipinski definition) is 2. The molecule has 0 aliphatic heterocycles. The molecule has 2 aromatic rings. The molecule has 0 aliphatic carbocycles. The third-order valence-electron chi connectivity index (χ3n) is 2.81. The van der Waals surface area contributed by atoms with E-state index in [1.54, 1.807) is 25.2 Å².